The van der Waals surface area contributed by atoms with E-state index in [0.29, 0.717) is 22.2 Å². The number of nitrogens with zero attached hydrogens (tertiary/aromatic N) is 1. The van der Waals surface area contributed by atoms with Crippen LogP contribution < -0.4 is 5.11 Å². The van der Waals surface area contributed by atoms with E-state index in [9.17, 15) is 14.7 Å². The van der Waals surface area contributed by atoms with Crippen molar-refractivity contribution in [3.05, 3.63) is 52.4 Å². The van der Waals surface area contributed by atoms with Crippen molar-refractivity contribution in [3.8, 4) is 0 Å². The monoisotopic (exact) mass is 374 g/mol. The van der Waals surface area contributed by atoms with Crippen LogP contribution in [0, 0.1) is 0 Å². The molecule has 0 unspecified atom stereocenters. The minimum atomic E-state index is -1.03. The molecule has 0 bridgehead atoms. The number of benzene rings is 1. The van der Waals surface area contributed by atoms with E-state index in [-0.39, 0.29) is 12.3 Å². The lowest BCUT2D eigenvalue weighted by Gasteiger charge is -2.14. The van der Waals surface area contributed by atoms with Gasteiger partial charge in [0.25, 0.3) is 5.91 Å². The molecule has 1 heterocycles. The first-order valence-electron chi connectivity index (χ1n) is 8.16. The van der Waals surface area contributed by atoms with Crippen molar-refractivity contribution in [3.63, 3.8) is 0 Å². The summed E-state index contributed by atoms with van der Waals surface area (Å²) in [4.78, 5) is 25.1. The van der Waals surface area contributed by atoms with Crippen molar-refractivity contribution in [2.75, 3.05) is 6.54 Å². The van der Waals surface area contributed by atoms with Crippen molar-refractivity contribution in [1.29, 1.82) is 0 Å². The first-order chi connectivity index (χ1) is 12.0. The molecule has 1 amide bonds. The highest BCUT2D eigenvalue weighted by molar-refractivity contribution is 8.26. The van der Waals surface area contributed by atoms with Crippen molar-refractivity contribution in [1.82, 2.24) is 4.90 Å². The Labute approximate surface area is 157 Å². The van der Waals surface area contributed by atoms with Crippen LogP contribution in [0.2, 0.25) is 0 Å². The number of carbonyl (C=O) groups is 2. The zero-order valence-electron chi connectivity index (χ0n) is 14.1. The number of hydrogen-bond acceptors (Lipinski definition) is 5. The van der Waals surface area contributed by atoms with Gasteiger partial charge in [0, 0.05) is 12.5 Å². The van der Waals surface area contributed by atoms with Crippen molar-refractivity contribution < 1.29 is 14.7 Å². The van der Waals surface area contributed by atoms with Gasteiger partial charge in [-0.05, 0) is 43.4 Å². The molecule has 0 radical (unpaired) electrons. The Bertz CT molecular complexity index is 711. The zero-order chi connectivity index (χ0) is 18.2. The molecule has 0 N–H and O–H groups in total. The first-order valence-corrected chi connectivity index (χ1v) is 9.38. The minimum Gasteiger partial charge on any atom is -0.550 e. The Morgan fingerprint density at radius 1 is 1.24 bits per heavy atom. The number of allylic oxidation sites excluding steroid dienone is 2. The summed E-state index contributed by atoms with van der Waals surface area (Å²) in [6.45, 7) is 2.48. The molecule has 132 valence electrons. The summed E-state index contributed by atoms with van der Waals surface area (Å²) in [5.41, 5.74) is 2.07. The highest BCUT2D eigenvalue weighted by Gasteiger charge is 2.31. The summed E-state index contributed by atoms with van der Waals surface area (Å²) in [7, 11) is 0. The van der Waals surface area contributed by atoms with E-state index in [2.05, 4.69) is 0 Å². The number of amides is 1. The summed E-state index contributed by atoms with van der Waals surface area (Å²) in [5, 5.41) is 10.4. The van der Waals surface area contributed by atoms with Gasteiger partial charge in [-0.25, -0.2) is 0 Å². The largest absolute Gasteiger partial charge is 0.550 e. The molecule has 6 heteroatoms. The van der Waals surface area contributed by atoms with Gasteiger partial charge in [0.2, 0.25) is 0 Å². The third-order valence-corrected chi connectivity index (χ3v) is 5.07. The van der Waals surface area contributed by atoms with Gasteiger partial charge in [-0.1, -0.05) is 66.8 Å². The van der Waals surface area contributed by atoms with Crippen LogP contribution in [0.1, 0.15) is 38.2 Å². The van der Waals surface area contributed by atoms with E-state index in [0.717, 1.165) is 24.0 Å². The third-order valence-electron chi connectivity index (χ3n) is 3.69. The Morgan fingerprint density at radius 2 is 1.96 bits per heavy atom. The van der Waals surface area contributed by atoms with E-state index >= 15 is 0 Å². The lowest BCUT2D eigenvalue weighted by atomic mass is 10.1. The van der Waals surface area contributed by atoms with Crippen molar-refractivity contribution >= 4 is 46.3 Å². The molecule has 1 aliphatic heterocycles. The van der Waals surface area contributed by atoms with Crippen LogP contribution in [0.4, 0.5) is 0 Å². The predicted molar refractivity (Wildman–Crippen MR) is 104 cm³/mol. The van der Waals surface area contributed by atoms with E-state index in [4.69, 9.17) is 12.2 Å². The van der Waals surface area contributed by atoms with E-state index in [1.165, 1.54) is 11.8 Å². The Hall–Kier alpha value is -1.92. The quantitative estimate of drug-likeness (QED) is 0.397. The van der Waals surface area contributed by atoms with Crippen LogP contribution in [0.3, 0.4) is 0 Å². The van der Waals surface area contributed by atoms with Crippen LogP contribution in [0.25, 0.3) is 6.08 Å². The number of carboxylic acids is 1. The van der Waals surface area contributed by atoms with Gasteiger partial charge in [0.05, 0.1) is 4.91 Å². The third kappa shape index (κ3) is 6.14. The molecule has 1 aromatic carbocycles. The maximum Gasteiger partial charge on any atom is 0.266 e. The highest BCUT2D eigenvalue weighted by atomic mass is 32.2. The number of thiocarbonyl (C=S) groups is 1. The summed E-state index contributed by atoms with van der Waals surface area (Å²) in [6.07, 6.45) is 5.96. The maximum atomic E-state index is 12.5. The number of unbranched alkanes of at least 4 members (excludes halogenated alkanes) is 2. The Balaban J connectivity index is 1.93. The smallest absolute Gasteiger partial charge is 0.266 e. The summed E-state index contributed by atoms with van der Waals surface area (Å²) >= 11 is 6.61. The number of hydrogen-bond donors (Lipinski definition) is 0. The number of thioether (sulfide) groups is 1. The van der Waals surface area contributed by atoms with Gasteiger partial charge in [-0.2, -0.15) is 0 Å². The molecule has 0 aromatic heterocycles. The molecule has 1 fully saturated rings. The summed E-state index contributed by atoms with van der Waals surface area (Å²) in [6, 6.07) is 9.92. The molecule has 0 aliphatic carbocycles. The summed E-state index contributed by atoms with van der Waals surface area (Å²) in [5.74, 6) is -1.11. The molecule has 1 saturated heterocycles. The lowest BCUT2D eigenvalue weighted by molar-refractivity contribution is -0.305. The second-order valence-electron chi connectivity index (χ2n) is 5.82. The molecule has 0 saturated carbocycles. The van der Waals surface area contributed by atoms with Gasteiger partial charge in [-0.3, -0.25) is 9.69 Å². The second kappa shape index (κ2) is 9.53. The summed E-state index contributed by atoms with van der Waals surface area (Å²) < 4.78 is 0.559. The number of aliphatic carboxylic acids is 1. The molecule has 2 rings (SSSR count). The van der Waals surface area contributed by atoms with Gasteiger partial charge in [0.15, 0.2) is 0 Å². The standard InChI is InChI=1S/C19H21NO3S2/c1-14(12-15-8-4-2-5-9-15)13-16-18(23)20(19(24)25-16)11-7-3-6-10-17(21)22/h2,4-5,8-9,12-13H,3,6-7,10-11H2,1H3,(H,21,22)/p-1/b14-12-,16-13-. The average molecular weight is 375 g/mol. The fraction of sp³-hybridized carbons (Fsp3) is 0.316. The topological polar surface area (TPSA) is 60.4 Å². The molecule has 25 heavy (non-hydrogen) atoms. The Morgan fingerprint density at radius 3 is 2.64 bits per heavy atom. The van der Waals surface area contributed by atoms with E-state index < -0.39 is 5.97 Å². The molecule has 4 nitrogen and oxygen atoms in total. The average Bonchev–Trinajstić information content (AvgIpc) is 2.82. The van der Waals surface area contributed by atoms with Crippen LogP contribution in [-0.2, 0) is 9.59 Å². The number of carboxylic acid groups (broad SMARTS) is 1. The molecule has 0 spiro atoms. The van der Waals surface area contributed by atoms with Gasteiger partial charge >= 0.3 is 0 Å². The Kier molecular flexibility index (Phi) is 7.40. The molecule has 0 atom stereocenters. The normalized spacial score (nSPS) is 16.8. The predicted octanol–water partition coefficient (Wildman–Crippen LogP) is 3.14. The zero-order valence-corrected chi connectivity index (χ0v) is 15.7. The number of carbonyl (C=O) groups excluding carboxylic acids is 2. The fourth-order valence-electron chi connectivity index (χ4n) is 2.47. The van der Waals surface area contributed by atoms with E-state index in [1.54, 1.807) is 4.90 Å². The van der Waals surface area contributed by atoms with Crippen LogP contribution >= 0.6 is 24.0 Å². The SMILES string of the molecule is CC(=C/c1ccccc1)/C=C1\SC(=S)N(CCCCCC(=O)[O-])C1=O. The van der Waals surface area contributed by atoms with Crippen LogP contribution in [-0.4, -0.2) is 27.6 Å². The highest BCUT2D eigenvalue weighted by Crippen LogP contribution is 2.32. The second-order valence-corrected chi connectivity index (χ2v) is 7.49. The van der Waals surface area contributed by atoms with Gasteiger partial charge < -0.3 is 9.90 Å². The van der Waals surface area contributed by atoms with Crippen LogP contribution in [0.15, 0.2) is 46.9 Å². The first kappa shape index (κ1) is 19.4. The fourth-order valence-corrected chi connectivity index (χ4v) is 3.83. The van der Waals surface area contributed by atoms with Crippen molar-refractivity contribution in [2.24, 2.45) is 0 Å². The lowest BCUT2D eigenvalue weighted by Crippen LogP contribution is -2.29. The molecule has 1 aromatic rings. The van der Waals surface area contributed by atoms with Crippen LogP contribution in [0.5, 0.6) is 0 Å². The maximum absolute atomic E-state index is 12.5. The minimum absolute atomic E-state index is 0.0573. The molecule has 1 aliphatic rings. The van der Waals surface area contributed by atoms with E-state index in [1.807, 2.05) is 49.4 Å². The molecular formula is C19H20NO3S2-. The van der Waals surface area contributed by atoms with Crippen molar-refractivity contribution in [2.45, 2.75) is 32.6 Å². The van der Waals surface area contributed by atoms with Gasteiger partial charge in [-0.15, -0.1) is 0 Å². The van der Waals surface area contributed by atoms with Gasteiger partial charge in [0.1, 0.15) is 4.32 Å². The molecular weight excluding hydrogens is 354 g/mol. The number of rotatable bonds is 8.